The van der Waals surface area contributed by atoms with Crippen molar-refractivity contribution in [1.82, 2.24) is 10.2 Å². The van der Waals surface area contributed by atoms with Crippen molar-refractivity contribution in [3.63, 3.8) is 0 Å². The summed E-state index contributed by atoms with van der Waals surface area (Å²) in [4.78, 5) is 25.4. The molecule has 2 amide bonds. The zero-order valence-corrected chi connectivity index (χ0v) is 14.3. The quantitative estimate of drug-likeness (QED) is 0.786. The maximum Gasteiger partial charge on any atom is 0.410 e. The maximum absolute atomic E-state index is 12.4. The number of hydrogen-bond acceptors (Lipinski definition) is 4. The molecule has 1 rings (SSSR count). The number of amides is 2. The summed E-state index contributed by atoms with van der Waals surface area (Å²) in [5, 5.41) is 2.67. The van der Waals surface area contributed by atoms with E-state index in [2.05, 4.69) is 17.2 Å². The van der Waals surface area contributed by atoms with E-state index in [9.17, 15) is 9.59 Å². The van der Waals surface area contributed by atoms with Gasteiger partial charge in [0.25, 0.3) is 5.91 Å². The van der Waals surface area contributed by atoms with Crippen LogP contribution in [0.25, 0.3) is 0 Å². The molecule has 0 aliphatic carbocycles. The van der Waals surface area contributed by atoms with Crippen molar-refractivity contribution in [3.8, 4) is 11.8 Å². The molecule has 0 aromatic heterocycles. The third-order valence-corrected chi connectivity index (χ3v) is 3.13. The van der Waals surface area contributed by atoms with Crippen LogP contribution in [0.3, 0.4) is 0 Å². The molecule has 1 N–H and O–H groups in total. The number of carbonyl (C=O) groups excluding carboxylic acids is 2. The topological polar surface area (TPSA) is 67.9 Å². The molecule has 1 atom stereocenters. The van der Waals surface area contributed by atoms with E-state index in [-0.39, 0.29) is 18.1 Å². The second-order valence-corrected chi connectivity index (χ2v) is 6.92. The zero-order valence-electron chi connectivity index (χ0n) is 14.3. The average Bonchev–Trinajstić information content (AvgIpc) is 2.35. The summed E-state index contributed by atoms with van der Waals surface area (Å²) in [6.45, 7) is 12.0. The largest absolute Gasteiger partial charge is 0.444 e. The summed E-state index contributed by atoms with van der Waals surface area (Å²) >= 11 is 0. The number of rotatable bonds is 2. The van der Waals surface area contributed by atoms with E-state index < -0.39 is 11.1 Å². The fourth-order valence-electron chi connectivity index (χ4n) is 2.03. The predicted octanol–water partition coefficient (Wildman–Crippen LogP) is 1.54. The van der Waals surface area contributed by atoms with E-state index in [1.54, 1.807) is 11.8 Å². The van der Waals surface area contributed by atoms with Gasteiger partial charge in [0.05, 0.1) is 24.8 Å². The number of carbonyl (C=O) groups is 2. The first kappa shape index (κ1) is 18.3. The van der Waals surface area contributed by atoms with Crippen LogP contribution in [0.1, 0.15) is 41.5 Å². The number of nitrogens with one attached hydrogen (secondary N) is 1. The number of morpholine rings is 1. The van der Waals surface area contributed by atoms with Crippen molar-refractivity contribution in [1.29, 1.82) is 0 Å². The van der Waals surface area contributed by atoms with Gasteiger partial charge in [0.1, 0.15) is 5.60 Å². The van der Waals surface area contributed by atoms with Crippen LogP contribution in [0.2, 0.25) is 0 Å². The molecule has 6 nitrogen and oxygen atoms in total. The van der Waals surface area contributed by atoms with Gasteiger partial charge in [0.2, 0.25) is 0 Å². The highest BCUT2D eigenvalue weighted by Crippen LogP contribution is 2.24. The Morgan fingerprint density at radius 3 is 2.59 bits per heavy atom. The van der Waals surface area contributed by atoms with Crippen molar-refractivity contribution in [3.05, 3.63) is 0 Å². The van der Waals surface area contributed by atoms with E-state index in [1.807, 2.05) is 34.6 Å². The minimum absolute atomic E-state index is 0.275. The standard InChI is InChI=1S/C16H26N2O4/c1-7-8-13(19)17-9-12-10-18(16(5,6)11-21-12)14(20)22-15(2,3)4/h12H,9-11H2,1-6H3,(H,17,19). The maximum atomic E-state index is 12.4. The monoisotopic (exact) mass is 310 g/mol. The lowest BCUT2D eigenvalue weighted by atomic mass is 10.0. The minimum atomic E-state index is -0.550. The highest BCUT2D eigenvalue weighted by molar-refractivity contribution is 5.93. The van der Waals surface area contributed by atoms with Crippen molar-refractivity contribution in [2.24, 2.45) is 0 Å². The van der Waals surface area contributed by atoms with Gasteiger partial charge >= 0.3 is 6.09 Å². The first-order valence-corrected chi connectivity index (χ1v) is 7.38. The van der Waals surface area contributed by atoms with Gasteiger partial charge in [-0.25, -0.2) is 4.79 Å². The summed E-state index contributed by atoms with van der Waals surface area (Å²) < 4.78 is 11.2. The number of ether oxygens (including phenoxy) is 2. The van der Waals surface area contributed by atoms with Gasteiger partial charge in [-0.1, -0.05) is 5.92 Å². The lowest BCUT2D eigenvalue weighted by Crippen LogP contribution is -2.60. The molecular weight excluding hydrogens is 284 g/mol. The van der Waals surface area contributed by atoms with E-state index in [1.165, 1.54) is 0 Å². The van der Waals surface area contributed by atoms with Crippen LogP contribution in [0.4, 0.5) is 4.79 Å². The van der Waals surface area contributed by atoms with E-state index in [4.69, 9.17) is 9.47 Å². The third-order valence-electron chi connectivity index (χ3n) is 3.13. The Labute approximate surface area is 132 Å². The summed E-state index contributed by atoms with van der Waals surface area (Å²) in [6.07, 6.45) is -0.645. The summed E-state index contributed by atoms with van der Waals surface area (Å²) in [5.41, 5.74) is -1.00. The lowest BCUT2D eigenvalue weighted by molar-refractivity contribution is -0.119. The molecule has 0 spiro atoms. The molecule has 0 saturated carbocycles. The molecule has 22 heavy (non-hydrogen) atoms. The van der Waals surface area contributed by atoms with Crippen LogP contribution in [0.5, 0.6) is 0 Å². The zero-order chi connectivity index (χ0) is 17.0. The van der Waals surface area contributed by atoms with Gasteiger partial charge in [0.15, 0.2) is 0 Å². The van der Waals surface area contributed by atoms with Crippen molar-refractivity contribution >= 4 is 12.0 Å². The van der Waals surface area contributed by atoms with Crippen molar-refractivity contribution in [2.75, 3.05) is 19.7 Å². The van der Waals surface area contributed by atoms with Crippen LogP contribution >= 0.6 is 0 Å². The molecule has 124 valence electrons. The minimum Gasteiger partial charge on any atom is -0.444 e. The first-order chi connectivity index (χ1) is 10.0. The van der Waals surface area contributed by atoms with Crippen molar-refractivity contribution in [2.45, 2.75) is 58.8 Å². The highest BCUT2D eigenvalue weighted by Gasteiger charge is 2.40. The molecular formula is C16H26N2O4. The molecule has 1 fully saturated rings. The molecule has 1 aliphatic rings. The Kier molecular flexibility index (Phi) is 5.84. The molecule has 0 radical (unpaired) electrons. The molecule has 1 aliphatic heterocycles. The third kappa shape index (κ3) is 5.57. The van der Waals surface area contributed by atoms with Crippen LogP contribution in [0.15, 0.2) is 0 Å². The molecule has 1 heterocycles. The van der Waals surface area contributed by atoms with E-state index in [0.717, 1.165) is 0 Å². The normalized spacial score (nSPS) is 20.6. The van der Waals surface area contributed by atoms with Crippen LogP contribution in [-0.4, -0.2) is 53.8 Å². The highest BCUT2D eigenvalue weighted by atomic mass is 16.6. The first-order valence-electron chi connectivity index (χ1n) is 7.38. The Morgan fingerprint density at radius 2 is 2.05 bits per heavy atom. The molecule has 1 unspecified atom stereocenters. The fourth-order valence-corrected chi connectivity index (χ4v) is 2.03. The number of hydrogen-bond donors (Lipinski definition) is 1. The molecule has 0 bridgehead atoms. The fraction of sp³-hybridized carbons (Fsp3) is 0.750. The summed E-state index contributed by atoms with van der Waals surface area (Å²) in [7, 11) is 0. The number of nitrogens with zero attached hydrogens (tertiary/aromatic N) is 1. The van der Waals surface area contributed by atoms with Crippen LogP contribution in [-0.2, 0) is 14.3 Å². The van der Waals surface area contributed by atoms with Gasteiger partial charge < -0.3 is 14.8 Å². The molecule has 1 saturated heterocycles. The van der Waals surface area contributed by atoms with Gasteiger partial charge in [-0.2, -0.15) is 0 Å². The van der Waals surface area contributed by atoms with Gasteiger partial charge in [0, 0.05) is 6.54 Å². The Hall–Kier alpha value is -1.74. The SMILES string of the molecule is CC#CC(=O)NCC1CN(C(=O)OC(C)(C)C)C(C)(C)CO1. The summed E-state index contributed by atoms with van der Waals surface area (Å²) in [6, 6.07) is 0. The smallest absolute Gasteiger partial charge is 0.410 e. The van der Waals surface area contributed by atoms with Gasteiger partial charge in [-0.3, -0.25) is 9.69 Å². The second kappa shape index (κ2) is 7.01. The second-order valence-electron chi connectivity index (χ2n) is 6.92. The average molecular weight is 310 g/mol. The molecule has 6 heteroatoms. The van der Waals surface area contributed by atoms with Crippen molar-refractivity contribution < 1.29 is 19.1 Å². The van der Waals surface area contributed by atoms with E-state index >= 15 is 0 Å². The Bertz CT molecular complexity index is 483. The summed E-state index contributed by atoms with van der Waals surface area (Å²) in [5.74, 6) is 4.59. The Morgan fingerprint density at radius 1 is 1.41 bits per heavy atom. The van der Waals surface area contributed by atoms with E-state index in [0.29, 0.717) is 19.7 Å². The van der Waals surface area contributed by atoms with Crippen LogP contribution < -0.4 is 5.32 Å². The lowest BCUT2D eigenvalue weighted by Gasteiger charge is -2.45. The molecule has 0 aromatic carbocycles. The predicted molar refractivity (Wildman–Crippen MR) is 83.2 cm³/mol. The Balaban J connectivity index is 2.67. The van der Waals surface area contributed by atoms with Crippen LogP contribution in [0, 0.1) is 11.8 Å². The van der Waals surface area contributed by atoms with Gasteiger partial charge in [-0.05, 0) is 47.5 Å². The molecule has 0 aromatic rings. The van der Waals surface area contributed by atoms with Gasteiger partial charge in [-0.15, -0.1) is 0 Å².